The van der Waals surface area contributed by atoms with Crippen LogP contribution in [-0.2, 0) is 9.73 Å². The van der Waals surface area contributed by atoms with Gasteiger partial charge in [0, 0.05) is 22.4 Å². The van der Waals surface area contributed by atoms with Crippen molar-refractivity contribution in [2.75, 3.05) is 10.6 Å². The van der Waals surface area contributed by atoms with Gasteiger partial charge in [0.25, 0.3) is 5.91 Å². The van der Waals surface area contributed by atoms with Gasteiger partial charge in [0.05, 0.1) is 21.2 Å². The second kappa shape index (κ2) is 10.3. The van der Waals surface area contributed by atoms with E-state index in [2.05, 4.69) is 31.5 Å². The molecule has 4 aromatic rings. The summed E-state index contributed by atoms with van der Waals surface area (Å²) in [6.45, 7) is 0. The number of anilines is 2. The molecular formula is C25H18BrFN4O4S. The minimum atomic E-state index is -3.35. The zero-order chi connectivity index (χ0) is 25.9. The van der Waals surface area contributed by atoms with Crippen molar-refractivity contribution in [2.24, 2.45) is 0 Å². The maximum atomic E-state index is 13.3. The van der Waals surface area contributed by atoms with Crippen molar-refractivity contribution in [1.82, 2.24) is 4.98 Å². The minimum Gasteiger partial charge on any atom is -0.465 e. The topological polar surface area (TPSA) is 132 Å². The van der Waals surface area contributed by atoms with Gasteiger partial charge >= 0.3 is 6.09 Å². The number of aromatic nitrogens is 1. The fourth-order valence-electron chi connectivity index (χ4n) is 3.37. The van der Waals surface area contributed by atoms with Gasteiger partial charge in [0.1, 0.15) is 15.5 Å². The number of hydrogen-bond donors (Lipinski definition) is 4. The zero-order valence-electron chi connectivity index (χ0n) is 18.4. The van der Waals surface area contributed by atoms with Crippen molar-refractivity contribution >= 4 is 49.0 Å². The number of nitrogens with one attached hydrogen (secondary N) is 3. The average Bonchev–Trinajstić information content (AvgIpc) is 2.85. The molecule has 0 spiro atoms. The maximum Gasteiger partial charge on any atom is 0.409 e. The third kappa shape index (κ3) is 5.58. The maximum absolute atomic E-state index is 13.3. The predicted molar refractivity (Wildman–Crippen MR) is 137 cm³/mol. The first-order valence-corrected chi connectivity index (χ1v) is 12.7. The lowest BCUT2D eigenvalue weighted by Gasteiger charge is -2.14. The summed E-state index contributed by atoms with van der Waals surface area (Å²) in [5.74, 6) is -0.945. The molecule has 1 aromatic heterocycles. The molecule has 4 N–H and O–H groups in total. The molecule has 0 saturated heterocycles. The molecule has 1 heterocycles. The predicted octanol–water partition coefficient (Wildman–Crippen LogP) is 6.46. The van der Waals surface area contributed by atoms with Crippen molar-refractivity contribution in [3.63, 3.8) is 0 Å². The summed E-state index contributed by atoms with van der Waals surface area (Å²) in [5, 5.41) is 14.1. The molecule has 0 saturated carbocycles. The quantitative estimate of drug-likeness (QED) is 0.212. The largest absolute Gasteiger partial charge is 0.465 e. The molecule has 182 valence electrons. The highest BCUT2D eigenvalue weighted by Crippen LogP contribution is 2.30. The smallest absolute Gasteiger partial charge is 0.409 e. The van der Waals surface area contributed by atoms with Crippen LogP contribution in [-0.4, -0.2) is 26.3 Å². The van der Waals surface area contributed by atoms with Crippen LogP contribution in [0.15, 0.2) is 99.5 Å². The van der Waals surface area contributed by atoms with E-state index in [9.17, 15) is 18.2 Å². The standard InChI is InChI=1S/C25H18BrFN4O4S/c26-18-12-21(14-29-13-18)36(28,35)20-8-3-16(4-9-20)24(32)30-23-11-17(5-10-22(23)31-25(33)34)15-1-6-19(27)7-2-15/h1-14,28,31H,(H,30,32)(H,33,34). The van der Waals surface area contributed by atoms with Crippen LogP contribution in [0.3, 0.4) is 0 Å². The first kappa shape index (κ1) is 25.0. The third-order valence-corrected chi connectivity index (χ3v) is 7.40. The monoisotopic (exact) mass is 568 g/mol. The Morgan fingerprint density at radius 3 is 2.17 bits per heavy atom. The number of nitrogens with zero attached hydrogens (tertiary/aromatic N) is 1. The molecular weight excluding hydrogens is 551 g/mol. The van der Waals surface area contributed by atoms with E-state index in [-0.39, 0.29) is 26.7 Å². The highest BCUT2D eigenvalue weighted by Gasteiger charge is 2.17. The van der Waals surface area contributed by atoms with Crippen LogP contribution in [0.5, 0.6) is 0 Å². The number of rotatable bonds is 6. The van der Waals surface area contributed by atoms with Crippen molar-refractivity contribution in [3.8, 4) is 11.1 Å². The average molecular weight is 569 g/mol. The third-order valence-electron chi connectivity index (χ3n) is 5.15. The van der Waals surface area contributed by atoms with Gasteiger partial charge in [-0.1, -0.05) is 18.2 Å². The van der Waals surface area contributed by atoms with E-state index in [0.717, 1.165) is 0 Å². The first-order chi connectivity index (χ1) is 17.1. The van der Waals surface area contributed by atoms with E-state index in [1.165, 1.54) is 54.9 Å². The Kier molecular flexibility index (Phi) is 7.13. The van der Waals surface area contributed by atoms with Crippen LogP contribution in [0.25, 0.3) is 11.1 Å². The summed E-state index contributed by atoms with van der Waals surface area (Å²) in [4.78, 5) is 28.5. The van der Waals surface area contributed by atoms with Crippen LogP contribution in [0.1, 0.15) is 10.4 Å². The first-order valence-electron chi connectivity index (χ1n) is 10.3. The molecule has 8 nitrogen and oxygen atoms in total. The Morgan fingerprint density at radius 1 is 0.861 bits per heavy atom. The molecule has 1 atom stereocenters. The van der Waals surface area contributed by atoms with E-state index in [4.69, 9.17) is 9.89 Å². The summed E-state index contributed by atoms with van der Waals surface area (Å²) in [5.41, 5.74) is 1.85. The van der Waals surface area contributed by atoms with E-state index >= 15 is 0 Å². The molecule has 2 amide bonds. The zero-order valence-corrected chi connectivity index (χ0v) is 20.8. The van der Waals surface area contributed by atoms with Gasteiger partial charge in [-0.2, -0.15) is 0 Å². The highest BCUT2D eigenvalue weighted by atomic mass is 79.9. The van der Waals surface area contributed by atoms with E-state index in [1.54, 1.807) is 30.3 Å². The number of amides is 2. The number of benzene rings is 3. The van der Waals surface area contributed by atoms with E-state index in [1.807, 2.05) is 0 Å². The Balaban J connectivity index is 1.61. The molecule has 0 radical (unpaired) electrons. The number of carbonyl (C=O) groups is 2. The van der Waals surface area contributed by atoms with Crippen LogP contribution in [0, 0.1) is 10.6 Å². The fourth-order valence-corrected chi connectivity index (χ4v) is 5.18. The molecule has 3 aromatic carbocycles. The number of carbonyl (C=O) groups excluding carboxylic acids is 1. The second-order valence-electron chi connectivity index (χ2n) is 7.57. The van der Waals surface area contributed by atoms with Crippen LogP contribution < -0.4 is 10.6 Å². The van der Waals surface area contributed by atoms with Crippen LogP contribution >= 0.6 is 15.9 Å². The van der Waals surface area contributed by atoms with Gasteiger partial charge in [0.2, 0.25) is 0 Å². The SMILES string of the molecule is N=S(=O)(c1ccc(C(=O)Nc2cc(-c3ccc(F)cc3)ccc2NC(=O)O)cc1)c1cncc(Br)c1. The summed E-state index contributed by atoms with van der Waals surface area (Å²) >= 11 is 3.25. The fraction of sp³-hybridized carbons (Fsp3) is 0. The van der Waals surface area contributed by atoms with Crippen molar-refractivity contribution in [3.05, 3.63) is 101 Å². The van der Waals surface area contributed by atoms with E-state index in [0.29, 0.717) is 15.6 Å². The molecule has 1 unspecified atom stereocenters. The minimum absolute atomic E-state index is 0.148. The molecule has 0 aliphatic heterocycles. The number of pyridine rings is 1. The molecule has 0 aliphatic rings. The normalized spacial score (nSPS) is 12.4. The lowest BCUT2D eigenvalue weighted by molar-refractivity contribution is 0.102. The Bertz CT molecular complexity index is 1560. The summed E-state index contributed by atoms with van der Waals surface area (Å²) < 4.78 is 35.3. The van der Waals surface area contributed by atoms with Gasteiger partial charge in [-0.15, -0.1) is 0 Å². The number of hydrogen-bond acceptors (Lipinski definition) is 5. The lowest BCUT2D eigenvalue weighted by Crippen LogP contribution is -2.15. The van der Waals surface area contributed by atoms with Crippen LogP contribution in [0.2, 0.25) is 0 Å². The Labute approximate surface area is 214 Å². The molecule has 0 fully saturated rings. The summed E-state index contributed by atoms with van der Waals surface area (Å²) in [7, 11) is -3.35. The highest BCUT2D eigenvalue weighted by molar-refractivity contribution is 9.10. The van der Waals surface area contributed by atoms with Crippen LogP contribution in [0.4, 0.5) is 20.6 Å². The summed E-state index contributed by atoms with van der Waals surface area (Å²) in [6.07, 6.45) is 1.56. The Morgan fingerprint density at radius 2 is 1.53 bits per heavy atom. The van der Waals surface area contributed by atoms with E-state index < -0.39 is 27.5 Å². The van der Waals surface area contributed by atoms with Gasteiger partial charge in [0.15, 0.2) is 0 Å². The number of halogens is 2. The van der Waals surface area contributed by atoms with Crippen molar-refractivity contribution < 1.29 is 23.3 Å². The van der Waals surface area contributed by atoms with Gasteiger partial charge < -0.3 is 10.4 Å². The Hall–Kier alpha value is -4.09. The number of carboxylic acid groups (broad SMARTS) is 1. The second-order valence-corrected chi connectivity index (χ2v) is 10.5. The van der Waals surface area contributed by atoms with Crippen molar-refractivity contribution in [2.45, 2.75) is 9.79 Å². The summed E-state index contributed by atoms with van der Waals surface area (Å²) in [6, 6.07) is 17.7. The molecule has 36 heavy (non-hydrogen) atoms. The van der Waals surface area contributed by atoms with Gasteiger partial charge in [-0.05, 0) is 81.7 Å². The molecule has 11 heteroatoms. The van der Waals surface area contributed by atoms with Crippen molar-refractivity contribution in [1.29, 1.82) is 4.78 Å². The van der Waals surface area contributed by atoms with Gasteiger partial charge in [-0.3, -0.25) is 15.1 Å². The molecule has 4 rings (SSSR count). The lowest BCUT2D eigenvalue weighted by atomic mass is 10.0. The molecule has 0 bridgehead atoms. The molecule has 0 aliphatic carbocycles. The van der Waals surface area contributed by atoms with Gasteiger partial charge in [-0.25, -0.2) is 18.2 Å².